The number of hydrogen-bond acceptors (Lipinski definition) is 2. The molecule has 0 atom stereocenters. The van der Waals surface area contributed by atoms with Crippen molar-refractivity contribution in [2.75, 3.05) is 0 Å². The molecular formula is C32H35Br2NS2. The molecule has 0 N–H and O–H groups in total. The summed E-state index contributed by atoms with van der Waals surface area (Å²) in [5.74, 6) is 0. The molecule has 0 aliphatic heterocycles. The van der Waals surface area contributed by atoms with Gasteiger partial charge in [-0.1, -0.05) is 89.0 Å². The van der Waals surface area contributed by atoms with Crippen molar-refractivity contribution in [2.24, 2.45) is 0 Å². The summed E-state index contributed by atoms with van der Waals surface area (Å²) in [4.78, 5) is 2.63. The predicted octanol–water partition coefficient (Wildman–Crippen LogP) is 12.7. The number of aryl methyl sites for hydroxylation is 1. The molecule has 5 rings (SSSR count). The van der Waals surface area contributed by atoms with Crippen molar-refractivity contribution in [1.29, 1.82) is 0 Å². The van der Waals surface area contributed by atoms with Crippen molar-refractivity contribution in [3.63, 3.8) is 0 Å². The maximum atomic E-state index is 3.64. The zero-order chi connectivity index (χ0) is 25.6. The Labute approximate surface area is 246 Å². The summed E-state index contributed by atoms with van der Waals surface area (Å²) in [7, 11) is 0. The standard InChI is InChI=1S/C32H35Br2NS2/c1-2-3-4-5-6-7-8-9-10-11-20-35-27-21-23(29-16-18-31(33)36-29)12-14-25(27)26-15-13-24(22-28(26)35)30-17-19-32(34)37-30/h12-19,21-22H,2-11,20H2,1H3. The van der Waals surface area contributed by atoms with Crippen LogP contribution in [0.3, 0.4) is 0 Å². The molecule has 0 bridgehead atoms. The van der Waals surface area contributed by atoms with E-state index in [9.17, 15) is 0 Å². The van der Waals surface area contributed by atoms with E-state index < -0.39 is 0 Å². The fraction of sp³-hybridized carbons (Fsp3) is 0.375. The fourth-order valence-electron chi connectivity index (χ4n) is 5.34. The summed E-state index contributed by atoms with van der Waals surface area (Å²) in [6.45, 7) is 3.37. The first-order valence-electron chi connectivity index (χ1n) is 13.7. The van der Waals surface area contributed by atoms with E-state index in [0.29, 0.717) is 0 Å². The van der Waals surface area contributed by atoms with Crippen LogP contribution in [0.15, 0.2) is 68.2 Å². The highest BCUT2D eigenvalue weighted by atomic mass is 79.9. The zero-order valence-electron chi connectivity index (χ0n) is 21.6. The first kappa shape index (κ1) is 27.2. The summed E-state index contributed by atoms with van der Waals surface area (Å²) in [5, 5.41) is 2.72. The molecule has 5 heteroatoms. The molecule has 0 radical (unpaired) electrons. The quantitative estimate of drug-likeness (QED) is 0.111. The highest BCUT2D eigenvalue weighted by Crippen LogP contribution is 2.39. The third-order valence-electron chi connectivity index (χ3n) is 7.32. The van der Waals surface area contributed by atoms with E-state index in [1.165, 1.54) is 114 Å². The van der Waals surface area contributed by atoms with Crippen molar-refractivity contribution in [2.45, 2.75) is 77.7 Å². The lowest BCUT2D eigenvalue weighted by atomic mass is 10.1. The average molecular weight is 658 g/mol. The number of unbranched alkanes of at least 4 members (excludes halogenated alkanes) is 9. The number of hydrogen-bond donors (Lipinski definition) is 0. The van der Waals surface area contributed by atoms with Crippen molar-refractivity contribution in [1.82, 2.24) is 4.57 Å². The molecule has 0 spiro atoms. The van der Waals surface area contributed by atoms with Gasteiger partial charge in [-0.15, -0.1) is 22.7 Å². The van der Waals surface area contributed by atoms with Gasteiger partial charge in [0.05, 0.1) is 7.57 Å². The van der Waals surface area contributed by atoms with Crippen LogP contribution in [-0.4, -0.2) is 4.57 Å². The van der Waals surface area contributed by atoms with E-state index in [0.717, 1.165) is 6.54 Å². The second kappa shape index (κ2) is 13.1. The molecule has 3 aromatic heterocycles. The van der Waals surface area contributed by atoms with Gasteiger partial charge in [0, 0.05) is 38.1 Å². The Morgan fingerprint density at radius 2 is 1.03 bits per heavy atom. The van der Waals surface area contributed by atoms with Crippen LogP contribution < -0.4 is 0 Å². The first-order valence-corrected chi connectivity index (χ1v) is 16.9. The third kappa shape index (κ3) is 6.61. The number of fused-ring (bicyclic) bond motifs is 3. The number of rotatable bonds is 13. The highest BCUT2D eigenvalue weighted by Gasteiger charge is 2.14. The van der Waals surface area contributed by atoms with Gasteiger partial charge in [0.1, 0.15) is 0 Å². The minimum absolute atomic E-state index is 1.08. The minimum Gasteiger partial charge on any atom is -0.340 e. The van der Waals surface area contributed by atoms with Gasteiger partial charge in [0.2, 0.25) is 0 Å². The topological polar surface area (TPSA) is 4.93 Å². The summed E-state index contributed by atoms with van der Waals surface area (Å²) < 4.78 is 4.95. The molecular weight excluding hydrogens is 622 g/mol. The third-order valence-corrected chi connectivity index (χ3v) is 10.7. The van der Waals surface area contributed by atoms with Crippen LogP contribution in [0.1, 0.15) is 71.1 Å². The molecule has 5 aromatic rings. The second-order valence-electron chi connectivity index (χ2n) is 10.0. The van der Waals surface area contributed by atoms with E-state index in [4.69, 9.17) is 0 Å². The van der Waals surface area contributed by atoms with Gasteiger partial charge in [-0.05, 0) is 85.8 Å². The summed E-state index contributed by atoms with van der Waals surface area (Å²) in [5.41, 5.74) is 5.32. The highest BCUT2D eigenvalue weighted by molar-refractivity contribution is 9.11. The number of halogens is 2. The molecule has 0 saturated carbocycles. The van der Waals surface area contributed by atoms with Crippen molar-refractivity contribution in [3.05, 3.63) is 68.2 Å². The lowest BCUT2D eigenvalue weighted by molar-refractivity contribution is 0.541. The summed E-state index contributed by atoms with van der Waals surface area (Å²) >= 11 is 10.9. The van der Waals surface area contributed by atoms with Crippen LogP contribution in [0.2, 0.25) is 0 Å². The molecule has 0 saturated heterocycles. The molecule has 2 aromatic carbocycles. The van der Waals surface area contributed by atoms with E-state index in [1.54, 1.807) is 22.7 Å². The Balaban J connectivity index is 1.38. The normalized spacial score (nSPS) is 11.8. The van der Waals surface area contributed by atoms with Crippen LogP contribution in [0.25, 0.3) is 42.7 Å². The number of aromatic nitrogens is 1. The van der Waals surface area contributed by atoms with E-state index >= 15 is 0 Å². The molecule has 37 heavy (non-hydrogen) atoms. The van der Waals surface area contributed by atoms with Crippen LogP contribution in [0.4, 0.5) is 0 Å². The number of nitrogens with zero attached hydrogens (tertiary/aromatic N) is 1. The van der Waals surface area contributed by atoms with Crippen molar-refractivity contribution >= 4 is 76.3 Å². The maximum absolute atomic E-state index is 3.64. The Kier molecular flexibility index (Phi) is 9.62. The zero-order valence-corrected chi connectivity index (χ0v) is 26.4. The lowest BCUT2D eigenvalue weighted by Gasteiger charge is -2.09. The van der Waals surface area contributed by atoms with Gasteiger partial charge in [-0.25, -0.2) is 0 Å². The van der Waals surface area contributed by atoms with Gasteiger partial charge in [-0.3, -0.25) is 0 Å². The first-order chi connectivity index (χ1) is 18.1. The monoisotopic (exact) mass is 655 g/mol. The van der Waals surface area contributed by atoms with Gasteiger partial charge in [0.25, 0.3) is 0 Å². The molecule has 0 aliphatic rings. The number of benzene rings is 2. The Morgan fingerprint density at radius 1 is 0.568 bits per heavy atom. The lowest BCUT2D eigenvalue weighted by Crippen LogP contribution is -1.98. The molecule has 0 unspecified atom stereocenters. The predicted molar refractivity (Wildman–Crippen MR) is 173 cm³/mol. The average Bonchev–Trinajstić information content (AvgIpc) is 3.62. The Bertz CT molecular complexity index is 1360. The van der Waals surface area contributed by atoms with Gasteiger partial charge >= 0.3 is 0 Å². The van der Waals surface area contributed by atoms with Crippen LogP contribution in [0, 0.1) is 0 Å². The molecule has 0 amide bonds. The fourth-order valence-corrected chi connectivity index (χ4v) is 8.10. The summed E-state index contributed by atoms with van der Waals surface area (Å²) in [6.07, 6.45) is 13.7. The van der Waals surface area contributed by atoms with E-state index in [2.05, 4.69) is 104 Å². The molecule has 194 valence electrons. The van der Waals surface area contributed by atoms with Gasteiger partial charge in [-0.2, -0.15) is 0 Å². The maximum Gasteiger partial charge on any atom is 0.0705 e. The van der Waals surface area contributed by atoms with Crippen molar-refractivity contribution < 1.29 is 0 Å². The summed E-state index contributed by atoms with van der Waals surface area (Å²) in [6, 6.07) is 22.8. The van der Waals surface area contributed by atoms with Crippen molar-refractivity contribution in [3.8, 4) is 20.9 Å². The van der Waals surface area contributed by atoms with Gasteiger partial charge in [0.15, 0.2) is 0 Å². The largest absolute Gasteiger partial charge is 0.340 e. The Hall–Kier alpha value is -1.40. The minimum atomic E-state index is 1.08. The molecule has 3 heterocycles. The van der Waals surface area contributed by atoms with Crippen LogP contribution in [-0.2, 0) is 6.54 Å². The number of thiophene rings is 2. The molecule has 1 nitrogen and oxygen atoms in total. The molecule has 0 aliphatic carbocycles. The SMILES string of the molecule is CCCCCCCCCCCCn1c2cc(-c3ccc(Br)s3)ccc2c2ccc(-c3ccc(Br)s3)cc21. The van der Waals surface area contributed by atoms with Gasteiger partial charge < -0.3 is 4.57 Å². The van der Waals surface area contributed by atoms with E-state index in [1.807, 2.05) is 0 Å². The Morgan fingerprint density at radius 3 is 1.46 bits per heavy atom. The smallest absolute Gasteiger partial charge is 0.0705 e. The van der Waals surface area contributed by atoms with E-state index in [-0.39, 0.29) is 0 Å². The molecule has 0 fully saturated rings. The van der Waals surface area contributed by atoms with Crippen LogP contribution in [0.5, 0.6) is 0 Å². The van der Waals surface area contributed by atoms with Crippen LogP contribution >= 0.6 is 54.5 Å². The second-order valence-corrected chi connectivity index (χ2v) is 14.9.